The number of nitrogens with one attached hydrogen (secondary N) is 1. The summed E-state index contributed by atoms with van der Waals surface area (Å²) in [6.45, 7) is 2.84. The highest BCUT2D eigenvalue weighted by atomic mass is 35.5. The molecule has 146 valence electrons. The second kappa shape index (κ2) is 8.16. The van der Waals surface area contributed by atoms with Gasteiger partial charge in [-0.05, 0) is 24.6 Å². The average molecular weight is 400 g/mol. The first-order valence-electron chi connectivity index (χ1n) is 9.29. The lowest BCUT2D eigenvalue weighted by molar-refractivity contribution is 0.0374. The molecule has 3 heterocycles. The number of aromatic nitrogens is 3. The van der Waals surface area contributed by atoms with Gasteiger partial charge in [0.25, 0.3) is 5.56 Å². The molecule has 1 aromatic carbocycles. The van der Waals surface area contributed by atoms with E-state index < -0.39 is 0 Å². The van der Waals surface area contributed by atoms with Crippen molar-refractivity contribution in [3.63, 3.8) is 0 Å². The number of ether oxygens (including phenoxy) is 1. The summed E-state index contributed by atoms with van der Waals surface area (Å²) in [6, 6.07) is 11.3. The Labute approximate surface area is 167 Å². The number of morpholine rings is 1. The number of hydrogen-bond acceptors (Lipinski definition) is 6. The van der Waals surface area contributed by atoms with Gasteiger partial charge in [-0.25, -0.2) is 9.67 Å². The van der Waals surface area contributed by atoms with Gasteiger partial charge in [-0.2, -0.15) is 5.10 Å². The number of hydrogen-bond donors (Lipinski definition) is 1. The Morgan fingerprint density at radius 3 is 3.07 bits per heavy atom. The minimum Gasteiger partial charge on any atom is -0.374 e. The maximum absolute atomic E-state index is 11.8. The molecule has 8 heteroatoms. The van der Waals surface area contributed by atoms with Crippen molar-refractivity contribution in [2.24, 2.45) is 7.05 Å². The van der Waals surface area contributed by atoms with Crippen LogP contribution in [0.25, 0.3) is 10.9 Å². The number of pyridine rings is 1. The summed E-state index contributed by atoms with van der Waals surface area (Å²) in [5.74, 6) is 0.795. The average Bonchev–Trinajstić information content (AvgIpc) is 2.71. The van der Waals surface area contributed by atoms with Crippen LogP contribution < -0.4 is 15.8 Å². The smallest absolute Gasteiger partial charge is 0.268 e. The van der Waals surface area contributed by atoms with Gasteiger partial charge in [0.2, 0.25) is 0 Å². The molecule has 28 heavy (non-hydrogen) atoms. The molecule has 0 spiro atoms. The standard InChI is InChI=1S/C20H22ClN5O2/c1-25-19(27)11-15(12-23-25)26-9-10-28-16(13-26)7-8-22-18-6-5-14-3-2-4-17(21)20(14)24-18/h2-6,11-12,16H,7-10,13H2,1H3,(H,22,24)/t16-/m0/s1. The van der Waals surface area contributed by atoms with E-state index in [1.807, 2.05) is 30.3 Å². The van der Waals surface area contributed by atoms with Crippen molar-refractivity contribution in [3.05, 3.63) is 58.0 Å². The molecule has 1 aliphatic heterocycles. The Morgan fingerprint density at radius 2 is 2.21 bits per heavy atom. The zero-order valence-corrected chi connectivity index (χ0v) is 16.4. The molecule has 1 saturated heterocycles. The van der Waals surface area contributed by atoms with Gasteiger partial charge in [-0.1, -0.05) is 23.7 Å². The van der Waals surface area contributed by atoms with E-state index in [4.69, 9.17) is 16.3 Å². The molecule has 4 rings (SSSR count). The quantitative estimate of drug-likeness (QED) is 0.711. The molecule has 0 radical (unpaired) electrons. The SMILES string of the molecule is Cn1ncc(N2CCO[C@@H](CCNc3ccc4cccc(Cl)c4n3)C2)cc1=O. The lowest BCUT2D eigenvalue weighted by atomic mass is 10.2. The van der Waals surface area contributed by atoms with Gasteiger partial charge in [-0.15, -0.1) is 0 Å². The van der Waals surface area contributed by atoms with Crippen molar-refractivity contribution in [1.82, 2.24) is 14.8 Å². The molecule has 0 bridgehead atoms. The molecule has 0 amide bonds. The largest absolute Gasteiger partial charge is 0.374 e. The Kier molecular flexibility index (Phi) is 5.45. The van der Waals surface area contributed by atoms with Crippen LogP contribution in [-0.4, -0.2) is 47.1 Å². The van der Waals surface area contributed by atoms with Crippen molar-refractivity contribution in [1.29, 1.82) is 0 Å². The number of rotatable bonds is 5. The van der Waals surface area contributed by atoms with E-state index in [0.29, 0.717) is 11.6 Å². The van der Waals surface area contributed by atoms with E-state index in [0.717, 1.165) is 48.5 Å². The van der Waals surface area contributed by atoms with Crippen molar-refractivity contribution < 1.29 is 4.74 Å². The second-order valence-corrected chi connectivity index (χ2v) is 7.25. The van der Waals surface area contributed by atoms with Gasteiger partial charge in [0, 0.05) is 38.1 Å². The second-order valence-electron chi connectivity index (χ2n) is 6.84. The van der Waals surface area contributed by atoms with Crippen LogP contribution in [0.1, 0.15) is 6.42 Å². The Morgan fingerprint density at radius 1 is 1.32 bits per heavy atom. The molecular formula is C20H22ClN5O2. The van der Waals surface area contributed by atoms with Gasteiger partial charge in [-0.3, -0.25) is 4.79 Å². The zero-order chi connectivity index (χ0) is 19.5. The summed E-state index contributed by atoms with van der Waals surface area (Å²) in [7, 11) is 1.65. The van der Waals surface area contributed by atoms with E-state index in [2.05, 4.69) is 20.3 Å². The molecule has 3 aromatic rings. The van der Waals surface area contributed by atoms with Crippen LogP contribution in [0.15, 0.2) is 47.4 Å². The molecular weight excluding hydrogens is 378 g/mol. The summed E-state index contributed by atoms with van der Waals surface area (Å²) in [5, 5.41) is 9.12. The lowest BCUT2D eigenvalue weighted by Crippen LogP contribution is -2.43. The van der Waals surface area contributed by atoms with Gasteiger partial charge >= 0.3 is 0 Å². The number of nitrogens with zero attached hydrogens (tertiary/aromatic N) is 4. The molecule has 1 fully saturated rings. The number of anilines is 2. The first-order chi connectivity index (χ1) is 13.6. The van der Waals surface area contributed by atoms with E-state index in [-0.39, 0.29) is 11.7 Å². The zero-order valence-electron chi connectivity index (χ0n) is 15.6. The molecule has 0 unspecified atom stereocenters. The third-order valence-corrected chi connectivity index (χ3v) is 5.21. The number of para-hydroxylation sites is 1. The molecule has 0 saturated carbocycles. The fourth-order valence-corrected chi connectivity index (χ4v) is 3.56. The summed E-state index contributed by atoms with van der Waals surface area (Å²) >= 11 is 6.24. The lowest BCUT2D eigenvalue weighted by Gasteiger charge is -2.34. The topological polar surface area (TPSA) is 72.3 Å². The Hall–Kier alpha value is -2.64. The third-order valence-electron chi connectivity index (χ3n) is 4.90. The first kappa shape index (κ1) is 18.7. The minimum absolute atomic E-state index is 0.0781. The van der Waals surface area contributed by atoms with Gasteiger partial charge in [0.15, 0.2) is 0 Å². The predicted molar refractivity (Wildman–Crippen MR) is 111 cm³/mol. The first-order valence-corrected chi connectivity index (χ1v) is 9.67. The van der Waals surface area contributed by atoms with Gasteiger partial charge < -0.3 is 15.0 Å². The number of aryl methyl sites for hydroxylation is 1. The number of halogens is 1. The van der Waals surface area contributed by atoms with E-state index >= 15 is 0 Å². The highest BCUT2D eigenvalue weighted by molar-refractivity contribution is 6.35. The third kappa shape index (κ3) is 4.10. The summed E-state index contributed by atoms with van der Waals surface area (Å²) in [4.78, 5) is 18.6. The van der Waals surface area contributed by atoms with Crippen molar-refractivity contribution >= 4 is 34.0 Å². The molecule has 1 aliphatic rings. The van der Waals surface area contributed by atoms with Crippen molar-refractivity contribution in [3.8, 4) is 0 Å². The maximum Gasteiger partial charge on any atom is 0.268 e. The molecule has 1 atom stereocenters. The summed E-state index contributed by atoms with van der Waals surface area (Å²) in [5.41, 5.74) is 1.53. The van der Waals surface area contributed by atoms with E-state index in [1.54, 1.807) is 19.3 Å². The maximum atomic E-state index is 11.8. The van der Waals surface area contributed by atoms with Crippen LogP contribution in [0, 0.1) is 0 Å². The monoisotopic (exact) mass is 399 g/mol. The summed E-state index contributed by atoms with van der Waals surface area (Å²) < 4.78 is 7.21. The Bertz CT molecular complexity index is 1040. The number of fused-ring (bicyclic) bond motifs is 1. The van der Waals surface area contributed by atoms with Crippen molar-refractivity contribution in [2.45, 2.75) is 12.5 Å². The molecule has 0 aliphatic carbocycles. The highest BCUT2D eigenvalue weighted by Crippen LogP contribution is 2.23. The predicted octanol–water partition coefficient (Wildman–Crippen LogP) is 2.69. The van der Waals surface area contributed by atoms with Crippen LogP contribution >= 0.6 is 11.6 Å². The van der Waals surface area contributed by atoms with Crippen LogP contribution in [0.3, 0.4) is 0 Å². The van der Waals surface area contributed by atoms with Crippen molar-refractivity contribution in [2.75, 3.05) is 36.5 Å². The molecule has 1 N–H and O–H groups in total. The van der Waals surface area contributed by atoms with E-state index in [9.17, 15) is 4.79 Å². The van der Waals surface area contributed by atoms with Crippen LogP contribution in [0.5, 0.6) is 0 Å². The van der Waals surface area contributed by atoms with E-state index in [1.165, 1.54) is 4.68 Å². The van der Waals surface area contributed by atoms with Gasteiger partial charge in [0.1, 0.15) is 5.82 Å². The summed E-state index contributed by atoms with van der Waals surface area (Å²) in [6.07, 6.45) is 2.64. The fourth-order valence-electron chi connectivity index (χ4n) is 3.33. The van der Waals surface area contributed by atoms with Crippen LogP contribution in [0.4, 0.5) is 11.5 Å². The molecule has 2 aromatic heterocycles. The fraction of sp³-hybridized carbons (Fsp3) is 0.350. The number of benzene rings is 1. The van der Waals surface area contributed by atoms with Crippen LogP contribution in [0.2, 0.25) is 5.02 Å². The highest BCUT2D eigenvalue weighted by Gasteiger charge is 2.21. The Balaban J connectivity index is 1.35. The van der Waals surface area contributed by atoms with Crippen LogP contribution in [-0.2, 0) is 11.8 Å². The van der Waals surface area contributed by atoms with Gasteiger partial charge in [0.05, 0.1) is 35.1 Å². The minimum atomic E-state index is -0.108. The molecule has 7 nitrogen and oxygen atoms in total. The normalized spacial score (nSPS) is 17.1.